The van der Waals surface area contributed by atoms with Crippen LogP contribution in [0.25, 0.3) is 0 Å². The maximum absolute atomic E-state index is 9.31. The van der Waals surface area contributed by atoms with Crippen LogP contribution < -0.4 is 5.73 Å². The van der Waals surface area contributed by atoms with Gasteiger partial charge in [-0.1, -0.05) is 13.8 Å². The summed E-state index contributed by atoms with van der Waals surface area (Å²) in [5.74, 6) is 0.548. The van der Waals surface area contributed by atoms with Crippen LogP contribution in [0.1, 0.15) is 26.7 Å². The zero-order chi connectivity index (χ0) is 9.84. The molecule has 0 aromatic heterocycles. The van der Waals surface area contributed by atoms with E-state index in [1.165, 1.54) is 0 Å². The van der Waals surface area contributed by atoms with Gasteiger partial charge >= 0.3 is 0 Å². The molecule has 1 atom stereocenters. The molecule has 1 rings (SSSR count). The average molecular weight is 186 g/mol. The largest absolute Gasteiger partial charge is 0.393 e. The molecule has 13 heavy (non-hydrogen) atoms. The van der Waals surface area contributed by atoms with Gasteiger partial charge in [-0.25, -0.2) is 0 Å². The predicted molar refractivity (Wildman–Crippen MR) is 54.5 cm³/mol. The molecule has 0 unspecified atom stereocenters. The van der Waals surface area contributed by atoms with Crippen molar-refractivity contribution in [2.24, 2.45) is 11.7 Å². The van der Waals surface area contributed by atoms with E-state index >= 15 is 0 Å². The molecule has 3 heteroatoms. The van der Waals surface area contributed by atoms with Crippen molar-refractivity contribution in [2.45, 2.75) is 38.8 Å². The molecule has 0 saturated carbocycles. The Morgan fingerprint density at radius 3 is 2.38 bits per heavy atom. The summed E-state index contributed by atoms with van der Waals surface area (Å²) in [5, 5.41) is 9.31. The lowest BCUT2D eigenvalue weighted by Gasteiger charge is -2.32. The van der Waals surface area contributed by atoms with E-state index < -0.39 is 0 Å². The Bertz CT molecular complexity index is 142. The van der Waals surface area contributed by atoms with E-state index in [9.17, 15) is 5.11 Å². The molecular formula is C10H22N2O. The summed E-state index contributed by atoms with van der Waals surface area (Å²) in [4.78, 5) is 2.36. The Labute approximate surface area is 80.9 Å². The van der Waals surface area contributed by atoms with Crippen molar-refractivity contribution in [2.75, 3.05) is 19.6 Å². The van der Waals surface area contributed by atoms with Gasteiger partial charge in [-0.15, -0.1) is 0 Å². The average Bonchev–Trinajstić information content (AvgIpc) is 2.08. The maximum Gasteiger partial charge on any atom is 0.0564 e. The molecule has 78 valence electrons. The second-order valence-electron chi connectivity index (χ2n) is 4.44. The third-order valence-corrected chi connectivity index (χ3v) is 2.88. The highest BCUT2D eigenvalue weighted by molar-refractivity contribution is 4.76. The first kappa shape index (κ1) is 11.0. The molecular weight excluding hydrogens is 164 g/mol. The fourth-order valence-corrected chi connectivity index (χ4v) is 1.61. The van der Waals surface area contributed by atoms with Gasteiger partial charge in [0, 0.05) is 25.7 Å². The van der Waals surface area contributed by atoms with Gasteiger partial charge in [0.1, 0.15) is 0 Å². The van der Waals surface area contributed by atoms with Gasteiger partial charge in [0.15, 0.2) is 0 Å². The summed E-state index contributed by atoms with van der Waals surface area (Å²) in [7, 11) is 0. The highest BCUT2D eigenvalue weighted by atomic mass is 16.3. The summed E-state index contributed by atoms with van der Waals surface area (Å²) in [6.45, 7) is 7.29. The van der Waals surface area contributed by atoms with Gasteiger partial charge in [-0.2, -0.15) is 0 Å². The van der Waals surface area contributed by atoms with Crippen LogP contribution >= 0.6 is 0 Å². The molecule has 3 N–H and O–H groups in total. The van der Waals surface area contributed by atoms with E-state index in [2.05, 4.69) is 18.7 Å². The predicted octanol–water partition coefficient (Wildman–Crippen LogP) is 0.426. The summed E-state index contributed by atoms with van der Waals surface area (Å²) in [6, 6.07) is 0.273. The Balaban J connectivity index is 2.22. The number of aliphatic hydroxyl groups is 1. The van der Waals surface area contributed by atoms with Crippen LogP contribution in [0.2, 0.25) is 0 Å². The van der Waals surface area contributed by atoms with Crippen molar-refractivity contribution < 1.29 is 5.11 Å². The Hall–Kier alpha value is -0.120. The zero-order valence-electron chi connectivity index (χ0n) is 8.74. The molecule has 0 aromatic carbocycles. The highest BCUT2D eigenvalue weighted by Crippen LogP contribution is 2.11. The van der Waals surface area contributed by atoms with E-state index in [1.54, 1.807) is 0 Å². The Kier molecular flexibility index (Phi) is 4.16. The van der Waals surface area contributed by atoms with Crippen LogP contribution in [0.4, 0.5) is 0 Å². The van der Waals surface area contributed by atoms with E-state index in [0.29, 0.717) is 5.92 Å². The van der Waals surface area contributed by atoms with Crippen LogP contribution in [-0.4, -0.2) is 41.8 Å². The number of hydrogen-bond donors (Lipinski definition) is 2. The summed E-state index contributed by atoms with van der Waals surface area (Å²) in [5.41, 5.74) is 5.98. The van der Waals surface area contributed by atoms with Gasteiger partial charge in [0.25, 0.3) is 0 Å². The molecule has 0 aromatic rings. The van der Waals surface area contributed by atoms with Gasteiger partial charge in [0.2, 0.25) is 0 Å². The molecule has 1 aliphatic rings. The quantitative estimate of drug-likeness (QED) is 0.672. The molecule has 0 bridgehead atoms. The molecule has 0 spiro atoms. The van der Waals surface area contributed by atoms with Crippen molar-refractivity contribution in [3.05, 3.63) is 0 Å². The standard InChI is InChI=1S/C10H22N2O/c1-8(2)10(11)7-12-5-3-9(13)4-6-12/h8-10,13H,3-7,11H2,1-2H3/t10-/m0/s1. The van der Waals surface area contributed by atoms with Gasteiger partial charge in [0.05, 0.1) is 6.10 Å². The number of nitrogens with zero attached hydrogens (tertiary/aromatic N) is 1. The molecule has 1 saturated heterocycles. The normalized spacial score (nSPS) is 23.8. The number of likely N-dealkylation sites (tertiary alicyclic amines) is 1. The number of nitrogens with two attached hydrogens (primary N) is 1. The van der Waals surface area contributed by atoms with Crippen molar-refractivity contribution >= 4 is 0 Å². The summed E-state index contributed by atoms with van der Waals surface area (Å²) >= 11 is 0. The molecule has 3 nitrogen and oxygen atoms in total. The molecule has 1 aliphatic heterocycles. The minimum absolute atomic E-state index is 0.0773. The van der Waals surface area contributed by atoms with Crippen molar-refractivity contribution in [3.63, 3.8) is 0 Å². The van der Waals surface area contributed by atoms with Gasteiger partial charge in [-0.05, 0) is 18.8 Å². The Morgan fingerprint density at radius 2 is 1.92 bits per heavy atom. The van der Waals surface area contributed by atoms with E-state index in [0.717, 1.165) is 32.5 Å². The smallest absolute Gasteiger partial charge is 0.0564 e. The number of piperidine rings is 1. The van der Waals surface area contributed by atoms with E-state index in [4.69, 9.17) is 5.73 Å². The van der Waals surface area contributed by atoms with Crippen LogP contribution in [0.3, 0.4) is 0 Å². The molecule has 0 aliphatic carbocycles. The van der Waals surface area contributed by atoms with E-state index in [-0.39, 0.29) is 12.1 Å². The van der Waals surface area contributed by atoms with Gasteiger partial charge in [-0.3, -0.25) is 0 Å². The SMILES string of the molecule is CC(C)[C@@H](N)CN1CCC(O)CC1. The fourth-order valence-electron chi connectivity index (χ4n) is 1.61. The van der Waals surface area contributed by atoms with Gasteiger partial charge < -0.3 is 15.7 Å². The summed E-state index contributed by atoms with van der Waals surface area (Å²) in [6.07, 6.45) is 1.74. The lowest BCUT2D eigenvalue weighted by atomic mass is 10.0. The second-order valence-corrected chi connectivity index (χ2v) is 4.44. The number of rotatable bonds is 3. The molecule has 0 radical (unpaired) electrons. The summed E-state index contributed by atoms with van der Waals surface area (Å²) < 4.78 is 0. The third-order valence-electron chi connectivity index (χ3n) is 2.88. The lowest BCUT2D eigenvalue weighted by Crippen LogP contribution is -2.45. The molecule has 1 fully saturated rings. The minimum Gasteiger partial charge on any atom is -0.393 e. The number of aliphatic hydroxyl groups excluding tert-OH is 1. The van der Waals surface area contributed by atoms with Crippen molar-refractivity contribution in [3.8, 4) is 0 Å². The fraction of sp³-hybridized carbons (Fsp3) is 1.00. The van der Waals surface area contributed by atoms with Crippen LogP contribution in [-0.2, 0) is 0 Å². The minimum atomic E-state index is -0.0773. The molecule has 0 amide bonds. The van der Waals surface area contributed by atoms with E-state index in [1.807, 2.05) is 0 Å². The highest BCUT2D eigenvalue weighted by Gasteiger charge is 2.19. The van der Waals surface area contributed by atoms with Crippen LogP contribution in [0.5, 0.6) is 0 Å². The number of hydrogen-bond acceptors (Lipinski definition) is 3. The zero-order valence-corrected chi connectivity index (χ0v) is 8.74. The maximum atomic E-state index is 9.31. The van der Waals surface area contributed by atoms with Crippen LogP contribution in [0.15, 0.2) is 0 Å². The topological polar surface area (TPSA) is 49.5 Å². The third kappa shape index (κ3) is 3.63. The van der Waals surface area contributed by atoms with Crippen LogP contribution in [0, 0.1) is 5.92 Å². The first-order chi connectivity index (χ1) is 6.09. The van der Waals surface area contributed by atoms with Crippen molar-refractivity contribution in [1.29, 1.82) is 0 Å². The first-order valence-electron chi connectivity index (χ1n) is 5.25. The van der Waals surface area contributed by atoms with Crippen molar-refractivity contribution in [1.82, 2.24) is 4.90 Å². The second kappa shape index (κ2) is 4.94. The molecule has 1 heterocycles. The first-order valence-corrected chi connectivity index (χ1v) is 5.25. The lowest BCUT2D eigenvalue weighted by molar-refractivity contribution is 0.0774. The Morgan fingerprint density at radius 1 is 1.38 bits per heavy atom. The monoisotopic (exact) mass is 186 g/mol.